The van der Waals surface area contributed by atoms with E-state index in [1.54, 1.807) is 0 Å². The van der Waals surface area contributed by atoms with Crippen LogP contribution in [0.3, 0.4) is 0 Å². The minimum absolute atomic E-state index is 0.188. The highest BCUT2D eigenvalue weighted by molar-refractivity contribution is 6.17. The molecule has 3 heteroatoms. The van der Waals surface area contributed by atoms with Crippen molar-refractivity contribution in [3.8, 4) is 0 Å². The zero-order chi connectivity index (χ0) is 10.4. The summed E-state index contributed by atoms with van der Waals surface area (Å²) in [5.74, 6) is 0.725. The molecule has 1 heterocycles. The van der Waals surface area contributed by atoms with Crippen LogP contribution in [0.5, 0.6) is 0 Å². The molecular weight excluding hydrogens is 198 g/mol. The molecule has 1 aliphatic rings. The van der Waals surface area contributed by atoms with Crippen LogP contribution in [0.4, 0.5) is 0 Å². The third kappa shape index (κ3) is 3.76. The fraction of sp³-hybridized carbons (Fsp3) is 1.00. The minimum atomic E-state index is 0.188. The highest BCUT2D eigenvalue weighted by atomic mass is 35.5. The number of rotatable bonds is 6. The molecule has 0 saturated carbocycles. The predicted molar refractivity (Wildman–Crippen MR) is 61.0 cm³/mol. The van der Waals surface area contributed by atoms with E-state index in [0.717, 1.165) is 31.9 Å². The Hall–Kier alpha value is 0.210. The average molecular weight is 220 g/mol. The van der Waals surface area contributed by atoms with Crippen molar-refractivity contribution < 1.29 is 4.74 Å². The third-order valence-corrected chi connectivity index (χ3v) is 3.40. The van der Waals surface area contributed by atoms with Gasteiger partial charge < -0.3 is 10.1 Å². The average Bonchev–Trinajstić information content (AvgIpc) is 2.68. The fourth-order valence-electron chi connectivity index (χ4n) is 1.76. The second-order valence-corrected chi connectivity index (χ2v) is 4.75. The summed E-state index contributed by atoms with van der Waals surface area (Å²) < 4.78 is 5.58. The Morgan fingerprint density at radius 1 is 1.57 bits per heavy atom. The molecule has 2 atom stereocenters. The topological polar surface area (TPSA) is 21.3 Å². The molecule has 0 radical (unpaired) electrons. The van der Waals surface area contributed by atoms with Crippen LogP contribution in [0.15, 0.2) is 0 Å². The number of halogens is 1. The first kappa shape index (κ1) is 12.3. The van der Waals surface area contributed by atoms with Gasteiger partial charge in [-0.2, -0.15) is 0 Å². The largest absolute Gasteiger partial charge is 0.377 e. The van der Waals surface area contributed by atoms with Crippen LogP contribution in [-0.4, -0.2) is 30.7 Å². The van der Waals surface area contributed by atoms with Crippen molar-refractivity contribution in [2.24, 2.45) is 0 Å². The molecule has 0 aliphatic carbocycles. The fourth-order valence-corrected chi connectivity index (χ4v) is 2.18. The minimum Gasteiger partial charge on any atom is -0.377 e. The molecule has 1 rings (SSSR count). The number of hydrogen-bond donors (Lipinski definition) is 1. The van der Waals surface area contributed by atoms with Crippen LogP contribution in [0.2, 0.25) is 0 Å². The van der Waals surface area contributed by atoms with E-state index in [-0.39, 0.29) is 5.54 Å². The Balaban J connectivity index is 2.25. The van der Waals surface area contributed by atoms with Gasteiger partial charge in [-0.15, -0.1) is 11.6 Å². The van der Waals surface area contributed by atoms with Crippen LogP contribution in [0.25, 0.3) is 0 Å². The van der Waals surface area contributed by atoms with Crippen LogP contribution in [0.1, 0.15) is 39.5 Å². The van der Waals surface area contributed by atoms with Crippen molar-refractivity contribution in [2.45, 2.75) is 51.2 Å². The lowest BCUT2D eigenvalue weighted by Gasteiger charge is -2.30. The van der Waals surface area contributed by atoms with Gasteiger partial charge in [0.2, 0.25) is 0 Å². The van der Waals surface area contributed by atoms with Crippen molar-refractivity contribution in [1.29, 1.82) is 0 Å². The first-order valence-corrected chi connectivity index (χ1v) is 6.16. The van der Waals surface area contributed by atoms with Gasteiger partial charge in [0, 0.05) is 24.6 Å². The molecule has 1 N–H and O–H groups in total. The summed E-state index contributed by atoms with van der Waals surface area (Å²) >= 11 is 5.79. The first-order chi connectivity index (χ1) is 6.70. The molecule has 2 unspecified atom stereocenters. The summed E-state index contributed by atoms with van der Waals surface area (Å²) in [5.41, 5.74) is 0.188. The Bertz CT molecular complexity index is 159. The molecule has 0 aromatic rings. The summed E-state index contributed by atoms with van der Waals surface area (Å²) in [5, 5.41) is 3.58. The predicted octanol–water partition coefficient (Wildman–Crippen LogP) is 2.55. The van der Waals surface area contributed by atoms with Gasteiger partial charge in [0.05, 0.1) is 6.10 Å². The molecular formula is C11H22ClNO. The van der Waals surface area contributed by atoms with Crippen molar-refractivity contribution in [3.05, 3.63) is 0 Å². The van der Waals surface area contributed by atoms with Crippen molar-refractivity contribution in [1.82, 2.24) is 5.32 Å². The lowest BCUT2D eigenvalue weighted by Crippen LogP contribution is -2.45. The van der Waals surface area contributed by atoms with Crippen LogP contribution < -0.4 is 5.32 Å². The highest BCUT2D eigenvalue weighted by Crippen LogP contribution is 2.17. The monoisotopic (exact) mass is 219 g/mol. The van der Waals surface area contributed by atoms with E-state index in [1.165, 1.54) is 12.8 Å². The molecule has 2 nitrogen and oxygen atoms in total. The molecule has 0 aromatic carbocycles. The molecule has 0 aromatic heterocycles. The summed E-state index contributed by atoms with van der Waals surface area (Å²) in [6.45, 7) is 6.35. The van der Waals surface area contributed by atoms with Gasteiger partial charge in [0.1, 0.15) is 0 Å². The van der Waals surface area contributed by atoms with E-state index in [1.807, 2.05) is 0 Å². The molecule has 0 spiro atoms. The van der Waals surface area contributed by atoms with Gasteiger partial charge in [-0.3, -0.25) is 0 Å². The number of hydrogen-bond acceptors (Lipinski definition) is 2. The van der Waals surface area contributed by atoms with Crippen LogP contribution >= 0.6 is 11.6 Å². The zero-order valence-corrected chi connectivity index (χ0v) is 10.1. The normalized spacial score (nSPS) is 26.4. The van der Waals surface area contributed by atoms with Gasteiger partial charge in [-0.05, 0) is 32.6 Å². The smallest absolute Gasteiger partial charge is 0.0700 e. The second kappa shape index (κ2) is 5.94. The van der Waals surface area contributed by atoms with E-state index >= 15 is 0 Å². The SMILES string of the molecule is CCC(C)(CCCl)NCC1CCCO1. The lowest BCUT2D eigenvalue weighted by molar-refractivity contribution is 0.101. The van der Waals surface area contributed by atoms with Crippen LogP contribution in [0, 0.1) is 0 Å². The highest BCUT2D eigenvalue weighted by Gasteiger charge is 2.23. The van der Waals surface area contributed by atoms with Gasteiger partial charge in [0.25, 0.3) is 0 Å². The molecule has 0 amide bonds. The molecule has 1 aliphatic heterocycles. The van der Waals surface area contributed by atoms with E-state index in [0.29, 0.717) is 6.10 Å². The molecule has 1 fully saturated rings. The third-order valence-electron chi connectivity index (χ3n) is 3.21. The Labute approximate surface area is 92.3 Å². The Kier molecular flexibility index (Phi) is 5.21. The number of nitrogens with one attached hydrogen (secondary N) is 1. The number of ether oxygens (including phenoxy) is 1. The molecule has 14 heavy (non-hydrogen) atoms. The Morgan fingerprint density at radius 2 is 2.36 bits per heavy atom. The number of alkyl halides is 1. The summed E-state index contributed by atoms with van der Waals surface area (Å²) in [6.07, 6.45) is 4.99. The first-order valence-electron chi connectivity index (χ1n) is 5.63. The standard InChI is InChI=1S/C11H22ClNO/c1-3-11(2,6-7-12)13-9-10-5-4-8-14-10/h10,13H,3-9H2,1-2H3. The van der Waals surface area contributed by atoms with Crippen molar-refractivity contribution in [3.63, 3.8) is 0 Å². The maximum Gasteiger partial charge on any atom is 0.0700 e. The van der Waals surface area contributed by atoms with E-state index < -0.39 is 0 Å². The van der Waals surface area contributed by atoms with E-state index in [2.05, 4.69) is 19.2 Å². The van der Waals surface area contributed by atoms with Gasteiger partial charge in [-0.25, -0.2) is 0 Å². The van der Waals surface area contributed by atoms with Crippen molar-refractivity contribution in [2.75, 3.05) is 19.0 Å². The summed E-state index contributed by atoms with van der Waals surface area (Å²) in [4.78, 5) is 0. The van der Waals surface area contributed by atoms with Crippen molar-refractivity contribution >= 4 is 11.6 Å². The zero-order valence-electron chi connectivity index (χ0n) is 9.31. The van der Waals surface area contributed by atoms with Gasteiger partial charge in [-0.1, -0.05) is 6.92 Å². The quantitative estimate of drug-likeness (QED) is 0.694. The molecule has 1 saturated heterocycles. The summed E-state index contributed by atoms with van der Waals surface area (Å²) in [7, 11) is 0. The van der Waals surface area contributed by atoms with Gasteiger partial charge >= 0.3 is 0 Å². The summed E-state index contributed by atoms with van der Waals surface area (Å²) in [6, 6.07) is 0. The molecule has 0 bridgehead atoms. The van der Waals surface area contributed by atoms with E-state index in [9.17, 15) is 0 Å². The maximum absolute atomic E-state index is 5.79. The Morgan fingerprint density at radius 3 is 2.86 bits per heavy atom. The lowest BCUT2D eigenvalue weighted by atomic mass is 9.95. The van der Waals surface area contributed by atoms with E-state index in [4.69, 9.17) is 16.3 Å². The second-order valence-electron chi connectivity index (χ2n) is 4.37. The maximum atomic E-state index is 5.79. The molecule has 84 valence electrons. The van der Waals surface area contributed by atoms with Crippen LogP contribution in [-0.2, 0) is 4.74 Å². The van der Waals surface area contributed by atoms with Gasteiger partial charge in [0.15, 0.2) is 0 Å².